The van der Waals surface area contributed by atoms with E-state index in [1.807, 2.05) is 72.3 Å². The van der Waals surface area contributed by atoms with Gasteiger partial charge in [0, 0.05) is 28.5 Å². The number of amides is 1. The topological polar surface area (TPSA) is 81.9 Å². The molecule has 1 atom stereocenters. The first kappa shape index (κ1) is 22.0. The van der Waals surface area contributed by atoms with Gasteiger partial charge >= 0.3 is 0 Å². The summed E-state index contributed by atoms with van der Waals surface area (Å²) in [7, 11) is 0. The number of ether oxygens (including phenoxy) is 1. The van der Waals surface area contributed by atoms with Gasteiger partial charge in [0.25, 0.3) is 0 Å². The van der Waals surface area contributed by atoms with Gasteiger partial charge in [-0.15, -0.1) is 21.5 Å². The summed E-state index contributed by atoms with van der Waals surface area (Å²) in [6.45, 7) is 4.54. The fourth-order valence-corrected chi connectivity index (χ4v) is 4.66. The van der Waals surface area contributed by atoms with Gasteiger partial charge in [0.15, 0.2) is 11.0 Å². The molecule has 0 radical (unpaired) electrons. The van der Waals surface area contributed by atoms with Crippen molar-refractivity contribution in [3.8, 4) is 22.8 Å². The maximum absolute atomic E-state index is 12.6. The molecule has 1 unspecified atom stereocenters. The third-order valence-corrected chi connectivity index (χ3v) is 6.64. The molecule has 0 aliphatic carbocycles. The maximum Gasteiger partial charge on any atom is 0.230 e. The zero-order valence-electron chi connectivity index (χ0n) is 17.8. The monoisotopic (exact) mass is 465 g/mol. The summed E-state index contributed by atoms with van der Waals surface area (Å²) < 4.78 is 7.51. The highest BCUT2D eigenvalue weighted by molar-refractivity contribution is 7.99. The van der Waals surface area contributed by atoms with Crippen LogP contribution in [-0.4, -0.2) is 38.0 Å². The SMILES string of the molecule is CCOc1ccc(-n2c(SCC(=O)NC(C)c3cccs3)nnc2-c2ccncc2)cc1. The highest BCUT2D eigenvalue weighted by Gasteiger charge is 2.18. The van der Waals surface area contributed by atoms with Crippen molar-refractivity contribution in [3.05, 3.63) is 71.2 Å². The molecule has 1 N–H and O–H groups in total. The normalized spacial score (nSPS) is 11.8. The van der Waals surface area contributed by atoms with Gasteiger partial charge in [-0.2, -0.15) is 0 Å². The number of carbonyl (C=O) groups is 1. The molecule has 0 spiro atoms. The number of aromatic nitrogens is 4. The van der Waals surface area contributed by atoms with Gasteiger partial charge in [0.1, 0.15) is 5.75 Å². The molecule has 0 bridgehead atoms. The van der Waals surface area contributed by atoms with Crippen LogP contribution in [0.4, 0.5) is 0 Å². The number of thioether (sulfide) groups is 1. The summed E-state index contributed by atoms with van der Waals surface area (Å²) in [6.07, 6.45) is 3.44. The Morgan fingerprint density at radius 3 is 2.62 bits per heavy atom. The second-order valence-corrected chi connectivity index (χ2v) is 8.82. The van der Waals surface area contributed by atoms with E-state index >= 15 is 0 Å². The highest BCUT2D eigenvalue weighted by atomic mass is 32.2. The third-order valence-electron chi connectivity index (χ3n) is 4.66. The van der Waals surface area contributed by atoms with Crippen LogP contribution in [0.1, 0.15) is 24.8 Å². The molecule has 0 aliphatic rings. The number of nitrogens with one attached hydrogen (secondary N) is 1. The summed E-state index contributed by atoms with van der Waals surface area (Å²) in [5.74, 6) is 1.67. The van der Waals surface area contributed by atoms with Gasteiger partial charge in [-0.25, -0.2) is 0 Å². The number of pyridine rings is 1. The van der Waals surface area contributed by atoms with Gasteiger partial charge in [-0.05, 0) is 61.7 Å². The standard InChI is InChI=1S/C23H23N5O2S2/c1-3-30-19-8-6-18(7-9-19)28-22(17-10-12-24-13-11-17)26-27-23(28)32-15-21(29)25-16(2)20-5-4-14-31-20/h4-14,16H,3,15H2,1-2H3,(H,25,29). The highest BCUT2D eigenvalue weighted by Crippen LogP contribution is 2.29. The summed E-state index contributed by atoms with van der Waals surface area (Å²) in [5, 5.41) is 14.5. The maximum atomic E-state index is 12.6. The Hall–Kier alpha value is -3.17. The van der Waals surface area contributed by atoms with Crippen LogP contribution in [0, 0.1) is 0 Å². The molecule has 0 saturated carbocycles. The fourth-order valence-electron chi connectivity index (χ4n) is 3.16. The van der Waals surface area contributed by atoms with Crippen LogP contribution in [0.2, 0.25) is 0 Å². The lowest BCUT2D eigenvalue weighted by Crippen LogP contribution is -2.27. The largest absolute Gasteiger partial charge is 0.494 e. The number of hydrogen-bond acceptors (Lipinski definition) is 7. The van der Waals surface area contributed by atoms with Crippen molar-refractivity contribution < 1.29 is 9.53 Å². The van der Waals surface area contributed by atoms with Crippen LogP contribution in [0.15, 0.2) is 71.5 Å². The Labute approximate surface area is 194 Å². The minimum Gasteiger partial charge on any atom is -0.494 e. The summed E-state index contributed by atoms with van der Waals surface area (Å²) in [4.78, 5) is 17.8. The number of thiophene rings is 1. The van der Waals surface area contributed by atoms with E-state index in [9.17, 15) is 4.79 Å². The Morgan fingerprint density at radius 1 is 1.16 bits per heavy atom. The quantitative estimate of drug-likeness (QED) is 0.359. The average Bonchev–Trinajstić information content (AvgIpc) is 3.50. The minimum atomic E-state index is -0.0531. The van der Waals surface area contributed by atoms with Gasteiger partial charge in [0.05, 0.1) is 18.4 Å². The molecule has 0 saturated heterocycles. The fraction of sp³-hybridized carbons (Fsp3) is 0.217. The van der Waals surface area contributed by atoms with Crippen molar-refractivity contribution in [3.63, 3.8) is 0 Å². The van der Waals surface area contributed by atoms with Crippen LogP contribution in [-0.2, 0) is 4.79 Å². The van der Waals surface area contributed by atoms with Crippen LogP contribution in [0.5, 0.6) is 5.75 Å². The van der Waals surface area contributed by atoms with Gasteiger partial charge in [0.2, 0.25) is 5.91 Å². The Balaban J connectivity index is 1.56. The molecule has 0 aliphatic heterocycles. The van der Waals surface area contributed by atoms with Crippen molar-refractivity contribution in [2.24, 2.45) is 0 Å². The molecule has 9 heteroatoms. The first-order valence-electron chi connectivity index (χ1n) is 10.2. The number of rotatable bonds is 9. The third kappa shape index (κ3) is 5.17. The van der Waals surface area contributed by atoms with Crippen LogP contribution in [0.25, 0.3) is 17.1 Å². The molecule has 32 heavy (non-hydrogen) atoms. The number of nitrogens with zero attached hydrogens (tertiary/aromatic N) is 4. The summed E-state index contributed by atoms with van der Waals surface area (Å²) in [5.41, 5.74) is 1.78. The van der Waals surface area contributed by atoms with Gasteiger partial charge < -0.3 is 10.1 Å². The molecule has 0 fully saturated rings. The molecule has 1 aromatic carbocycles. The van der Waals surface area contributed by atoms with Crippen molar-refractivity contribution in [1.29, 1.82) is 0 Å². The van der Waals surface area contributed by atoms with Crippen LogP contribution < -0.4 is 10.1 Å². The lowest BCUT2D eigenvalue weighted by Gasteiger charge is -2.13. The summed E-state index contributed by atoms with van der Waals surface area (Å²) in [6, 6.07) is 15.5. The van der Waals surface area contributed by atoms with Crippen molar-refractivity contribution in [2.75, 3.05) is 12.4 Å². The van der Waals surface area contributed by atoms with E-state index in [-0.39, 0.29) is 17.7 Å². The van der Waals surface area contributed by atoms with E-state index in [2.05, 4.69) is 20.5 Å². The van der Waals surface area contributed by atoms with Crippen molar-refractivity contribution in [1.82, 2.24) is 25.1 Å². The molecule has 4 rings (SSSR count). The molecular weight excluding hydrogens is 442 g/mol. The zero-order valence-corrected chi connectivity index (χ0v) is 19.4. The minimum absolute atomic E-state index is 0.0283. The molecule has 1 amide bonds. The number of hydrogen-bond donors (Lipinski definition) is 1. The Morgan fingerprint density at radius 2 is 1.94 bits per heavy atom. The van der Waals surface area contributed by atoms with E-state index in [0.717, 1.165) is 21.9 Å². The molecule has 4 aromatic rings. The Bertz CT molecular complexity index is 1150. The predicted octanol–water partition coefficient (Wildman–Crippen LogP) is 4.76. The Kier molecular flexibility index (Phi) is 7.18. The predicted molar refractivity (Wildman–Crippen MR) is 127 cm³/mol. The summed E-state index contributed by atoms with van der Waals surface area (Å²) >= 11 is 2.98. The zero-order chi connectivity index (χ0) is 22.3. The van der Waals surface area contributed by atoms with Crippen molar-refractivity contribution in [2.45, 2.75) is 25.0 Å². The number of carbonyl (C=O) groups excluding carboxylic acids is 1. The second kappa shape index (κ2) is 10.4. The van der Waals surface area contributed by atoms with Crippen LogP contribution >= 0.6 is 23.1 Å². The van der Waals surface area contributed by atoms with Gasteiger partial charge in [-0.3, -0.25) is 14.3 Å². The van der Waals surface area contributed by atoms with Crippen molar-refractivity contribution >= 4 is 29.0 Å². The van der Waals surface area contributed by atoms with Gasteiger partial charge in [-0.1, -0.05) is 17.8 Å². The van der Waals surface area contributed by atoms with E-state index < -0.39 is 0 Å². The lowest BCUT2D eigenvalue weighted by atomic mass is 10.2. The molecule has 7 nitrogen and oxygen atoms in total. The van der Waals surface area contributed by atoms with Crippen LogP contribution in [0.3, 0.4) is 0 Å². The molecule has 164 valence electrons. The smallest absolute Gasteiger partial charge is 0.230 e. The van der Waals surface area contributed by atoms with E-state index in [0.29, 0.717) is 17.6 Å². The first-order valence-corrected chi connectivity index (χ1v) is 12.1. The second-order valence-electron chi connectivity index (χ2n) is 6.90. The lowest BCUT2D eigenvalue weighted by molar-refractivity contribution is -0.119. The number of benzene rings is 1. The average molecular weight is 466 g/mol. The first-order chi connectivity index (χ1) is 15.7. The molecule has 3 heterocycles. The van der Waals surface area contributed by atoms with E-state index in [1.165, 1.54) is 11.8 Å². The molecule has 3 aromatic heterocycles. The van der Waals surface area contributed by atoms with E-state index in [1.54, 1.807) is 23.7 Å². The molecular formula is C23H23N5O2S2. The van der Waals surface area contributed by atoms with E-state index in [4.69, 9.17) is 4.74 Å².